The molecule has 3 N–H and O–H groups in total. The summed E-state index contributed by atoms with van der Waals surface area (Å²) >= 11 is 0. The maximum absolute atomic E-state index is 5.93. The summed E-state index contributed by atoms with van der Waals surface area (Å²) < 4.78 is 5.93. The van der Waals surface area contributed by atoms with Gasteiger partial charge in [-0.2, -0.15) is 0 Å². The monoisotopic (exact) mass is 254 g/mol. The molecule has 0 spiro atoms. The third kappa shape index (κ3) is 5.25. The molecular weight excluding hydrogens is 224 g/mol. The van der Waals surface area contributed by atoms with Crippen molar-refractivity contribution in [1.29, 1.82) is 0 Å². The van der Waals surface area contributed by atoms with Gasteiger partial charge < -0.3 is 15.8 Å². The van der Waals surface area contributed by atoms with E-state index < -0.39 is 0 Å². The van der Waals surface area contributed by atoms with Gasteiger partial charge >= 0.3 is 0 Å². The van der Waals surface area contributed by atoms with E-state index in [2.05, 4.69) is 5.32 Å². The van der Waals surface area contributed by atoms with Crippen LogP contribution in [-0.4, -0.2) is 31.3 Å². The van der Waals surface area contributed by atoms with Crippen LogP contribution >= 0.6 is 0 Å². The van der Waals surface area contributed by atoms with Crippen LogP contribution in [0.1, 0.15) is 64.2 Å². The number of nitrogens with two attached hydrogens (primary N) is 1. The van der Waals surface area contributed by atoms with E-state index in [0.717, 1.165) is 19.6 Å². The fourth-order valence-electron chi connectivity index (χ4n) is 3.18. The van der Waals surface area contributed by atoms with Crippen LogP contribution in [0.2, 0.25) is 0 Å². The molecule has 0 saturated heterocycles. The summed E-state index contributed by atoms with van der Waals surface area (Å²) in [4.78, 5) is 0. The lowest BCUT2D eigenvalue weighted by atomic mass is 9.92. The molecule has 0 unspecified atom stereocenters. The van der Waals surface area contributed by atoms with Crippen LogP contribution in [0.25, 0.3) is 0 Å². The average molecular weight is 254 g/mol. The van der Waals surface area contributed by atoms with Crippen molar-refractivity contribution in [2.24, 2.45) is 5.73 Å². The fourth-order valence-corrected chi connectivity index (χ4v) is 3.18. The van der Waals surface area contributed by atoms with Crippen LogP contribution in [0, 0.1) is 0 Å². The molecule has 2 fully saturated rings. The van der Waals surface area contributed by atoms with Crippen LogP contribution in [-0.2, 0) is 4.74 Å². The van der Waals surface area contributed by atoms with Gasteiger partial charge in [-0.15, -0.1) is 0 Å². The zero-order valence-electron chi connectivity index (χ0n) is 11.7. The molecule has 0 radical (unpaired) electrons. The third-order valence-electron chi connectivity index (χ3n) is 4.43. The number of ether oxygens (including phenoxy) is 1. The van der Waals surface area contributed by atoms with Crippen LogP contribution in [0.4, 0.5) is 0 Å². The molecule has 0 bridgehead atoms. The van der Waals surface area contributed by atoms with Crippen molar-refractivity contribution in [2.45, 2.75) is 82.4 Å². The largest absolute Gasteiger partial charge is 0.378 e. The predicted molar refractivity (Wildman–Crippen MR) is 75.7 cm³/mol. The highest BCUT2D eigenvalue weighted by molar-refractivity contribution is 4.78. The van der Waals surface area contributed by atoms with Crippen LogP contribution in [0.5, 0.6) is 0 Å². The first-order valence-corrected chi connectivity index (χ1v) is 7.95. The Balaban J connectivity index is 1.43. The molecule has 0 atom stereocenters. The quantitative estimate of drug-likeness (QED) is 0.716. The van der Waals surface area contributed by atoms with Crippen molar-refractivity contribution >= 4 is 0 Å². The smallest absolute Gasteiger partial charge is 0.0575 e. The van der Waals surface area contributed by atoms with E-state index >= 15 is 0 Å². The molecule has 0 aromatic heterocycles. The minimum absolute atomic E-state index is 0.456. The standard InChI is InChI=1S/C15H30N2O/c16-13-7-9-14(10-8-13)17-11-4-12-18-15-5-2-1-3-6-15/h13-15,17H,1-12,16H2. The molecular formula is C15H30N2O. The second kappa shape index (κ2) is 8.13. The van der Waals surface area contributed by atoms with Gasteiger partial charge in [0.25, 0.3) is 0 Å². The normalized spacial score (nSPS) is 30.5. The van der Waals surface area contributed by atoms with E-state index in [-0.39, 0.29) is 0 Å². The van der Waals surface area contributed by atoms with Gasteiger partial charge in [-0.25, -0.2) is 0 Å². The molecule has 0 aromatic rings. The van der Waals surface area contributed by atoms with Gasteiger partial charge in [0.15, 0.2) is 0 Å². The number of hydrogen-bond donors (Lipinski definition) is 2. The lowest BCUT2D eigenvalue weighted by Crippen LogP contribution is -2.38. The van der Waals surface area contributed by atoms with Crippen molar-refractivity contribution in [3.63, 3.8) is 0 Å². The van der Waals surface area contributed by atoms with Crippen molar-refractivity contribution in [3.05, 3.63) is 0 Å². The lowest BCUT2D eigenvalue weighted by molar-refractivity contribution is 0.0269. The van der Waals surface area contributed by atoms with Crippen molar-refractivity contribution < 1.29 is 4.74 Å². The molecule has 2 aliphatic carbocycles. The Kier molecular flexibility index (Phi) is 6.46. The van der Waals surface area contributed by atoms with Gasteiger partial charge in [-0.3, -0.25) is 0 Å². The molecule has 3 heteroatoms. The minimum atomic E-state index is 0.456. The molecule has 2 saturated carbocycles. The highest BCUT2D eigenvalue weighted by Crippen LogP contribution is 2.20. The maximum atomic E-state index is 5.93. The third-order valence-corrected chi connectivity index (χ3v) is 4.43. The van der Waals surface area contributed by atoms with Gasteiger partial charge in [-0.1, -0.05) is 19.3 Å². The highest BCUT2D eigenvalue weighted by Gasteiger charge is 2.17. The second-order valence-corrected chi connectivity index (χ2v) is 6.05. The maximum Gasteiger partial charge on any atom is 0.0575 e. The number of rotatable bonds is 6. The molecule has 0 amide bonds. The van der Waals surface area contributed by atoms with Crippen molar-refractivity contribution in [3.8, 4) is 0 Å². The summed E-state index contributed by atoms with van der Waals surface area (Å²) in [5.41, 5.74) is 5.91. The second-order valence-electron chi connectivity index (χ2n) is 6.05. The Bertz CT molecular complexity index is 209. The van der Waals surface area contributed by atoms with Crippen molar-refractivity contribution in [2.75, 3.05) is 13.2 Å². The molecule has 0 heterocycles. The van der Waals surface area contributed by atoms with E-state index in [4.69, 9.17) is 10.5 Å². The van der Waals surface area contributed by atoms with Gasteiger partial charge in [0, 0.05) is 18.7 Å². The predicted octanol–water partition coefficient (Wildman–Crippen LogP) is 2.59. The topological polar surface area (TPSA) is 47.3 Å². The first-order chi connectivity index (χ1) is 8.84. The average Bonchev–Trinajstić information content (AvgIpc) is 2.42. The zero-order chi connectivity index (χ0) is 12.6. The number of hydrogen-bond acceptors (Lipinski definition) is 3. The van der Waals surface area contributed by atoms with Gasteiger partial charge in [0.05, 0.1) is 6.10 Å². The summed E-state index contributed by atoms with van der Waals surface area (Å²) in [5.74, 6) is 0. The summed E-state index contributed by atoms with van der Waals surface area (Å²) in [6.07, 6.45) is 13.3. The van der Waals surface area contributed by atoms with E-state index in [1.165, 1.54) is 57.8 Å². The first-order valence-electron chi connectivity index (χ1n) is 7.95. The first kappa shape index (κ1) is 14.3. The Hall–Kier alpha value is -0.120. The van der Waals surface area contributed by atoms with Gasteiger partial charge in [-0.05, 0) is 51.5 Å². The Labute approximate surface area is 112 Å². The van der Waals surface area contributed by atoms with E-state index in [1.807, 2.05) is 0 Å². The minimum Gasteiger partial charge on any atom is -0.378 e. The molecule has 2 rings (SSSR count). The molecule has 2 aliphatic rings. The highest BCUT2D eigenvalue weighted by atomic mass is 16.5. The fraction of sp³-hybridized carbons (Fsp3) is 1.00. The SMILES string of the molecule is NC1CCC(NCCCOC2CCCCC2)CC1. The molecule has 0 aliphatic heterocycles. The summed E-state index contributed by atoms with van der Waals surface area (Å²) in [6, 6.07) is 1.16. The van der Waals surface area contributed by atoms with Gasteiger partial charge in [0.2, 0.25) is 0 Å². The Morgan fingerprint density at radius 1 is 0.944 bits per heavy atom. The molecule has 3 nitrogen and oxygen atoms in total. The van der Waals surface area contributed by atoms with Crippen LogP contribution in [0.3, 0.4) is 0 Å². The Morgan fingerprint density at radius 3 is 2.39 bits per heavy atom. The van der Waals surface area contributed by atoms with Crippen LogP contribution < -0.4 is 11.1 Å². The summed E-state index contributed by atoms with van der Waals surface area (Å²) in [7, 11) is 0. The van der Waals surface area contributed by atoms with E-state index in [1.54, 1.807) is 0 Å². The van der Waals surface area contributed by atoms with Crippen molar-refractivity contribution in [1.82, 2.24) is 5.32 Å². The zero-order valence-corrected chi connectivity index (χ0v) is 11.7. The summed E-state index contributed by atoms with van der Waals surface area (Å²) in [5, 5.41) is 3.64. The van der Waals surface area contributed by atoms with Crippen LogP contribution in [0.15, 0.2) is 0 Å². The molecule has 18 heavy (non-hydrogen) atoms. The lowest BCUT2D eigenvalue weighted by Gasteiger charge is -2.27. The van der Waals surface area contributed by atoms with E-state index in [9.17, 15) is 0 Å². The molecule has 0 aromatic carbocycles. The number of nitrogens with one attached hydrogen (secondary N) is 1. The Morgan fingerprint density at radius 2 is 1.67 bits per heavy atom. The molecule has 106 valence electrons. The van der Waals surface area contributed by atoms with E-state index in [0.29, 0.717) is 18.2 Å². The summed E-state index contributed by atoms with van der Waals surface area (Å²) in [6.45, 7) is 2.04. The van der Waals surface area contributed by atoms with Gasteiger partial charge in [0.1, 0.15) is 0 Å².